The predicted octanol–water partition coefficient (Wildman–Crippen LogP) is 2.10. The molecule has 5 nitrogen and oxygen atoms in total. The van der Waals surface area contributed by atoms with Crippen molar-refractivity contribution >= 4 is 5.91 Å². The van der Waals surface area contributed by atoms with E-state index in [1.807, 2.05) is 36.9 Å². The minimum absolute atomic E-state index is 0.0665. The van der Waals surface area contributed by atoms with Crippen LogP contribution in [0.3, 0.4) is 0 Å². The molecule has 2 unspecified atom stereocenters. The van der Waals surface area contributed by atoms with Gasteiger partial charge in [0.05, 0.1) is 20.3 Å². The van der Waals surface area contributed by atoms with Gasteiger partial charge in [-0.1, -0.05) is 6.07 Å². The maximum absolute atomic E-state index is 12.3. The number of nitrogens with zero attached hydrogens (tertiary/aromatic N) is 1. The van der Waals surface area contributed by atoms with E-state index in [4.69, 9.17) is 15.2 Å². The Morgan fingerprint density at radius 2 is 1.90 bits per heavy atom. The number of amides is 1. The van der Waals surface area contributed by atoms with Gasteiger partial charge in [-0.15, -0.1) is 0 Å². The first kappa shape index (κ1) is 15.6. The van der Waals surface area contributed by atoms with Crippen molar-refractivity contribution in [3.63, 3.8) is 0 Å². The van der Waals surface area contributed by atoms with Crippen molar-refractivity contribution in [3.8, 4) is 11.5 Å². The molecule has 0 bridgehead atoms. The van der Waals surface area contributed by atoms with Crippen molar-refractivity contribution < 1.29 is 14.3 Å². The van der Waals surface area contributed by atoms with Crippen molar-refractivity contribution in [2.45, 2.75) is 44.8 Å². The second kappa shape index (κ2) is 6.35. The van der Waals surface area contributed by atoms with Gasteiger partial charge in [0.15, 0.2) is 11.5 Å². The molecule has 21 heavy (non-hydrogen) atoms. The molecule has 2 atom stereocenters. The SMILES string of the molecule is COc1ccc(C2C(N)CCC(=O)N2C(C)C)cc1OC. The number of hydrogen-bond donors (Lipinski definition) is 1. The van der Waals surface area contributed by atoms with Crippen LogP contribution in [0.5, 0.6) is 11.5 Å². The van der Waals surface area contributed by atoms with Gasteiger partial charge in [-0.25, -0.2) is 0 Å². The van der Waals surface area contributed by atoms with Crippen molar-refractivity contribution in [1.82, 2.24) is 4.90 Å². The normalized spacial score (nSPS) is 22.6. The number of hydrogen-bond acceptors (Lipinski definition) is 4. The lowest BCUT2D eigenvalue weighted by atomic mass is 9.89. The van der Waals surface area contributed by atoms with Gasteiger partial charge in [-0.3, -0.25) is 4.79 Å². The second-order valence-corrected chi connectivity index (χ2v) is 5.66. The highest BCUT2D eigenvalue weighted by molar-refractivity contribution is 5.78. The zero-order valence-electron chi connectivity index (χ0n) is 13.1. The third-order valence-corrected chi connectivity index (χ3v) is 3.99. The van der Waals surface area contributed by atoms with Gasteiger partial charge in [-0.2, -0.15) is 0 Å². The first-order chi connectivity index (χ1) is 9.99. The van der Waals surface area contributed by atoms with Crippen LogP contribution in [0, 0.1) is 0 Å². The zero-order chi connectivity index (χ0) is 15.6. The number of likely N-dealkylation sites (tertiary alicyclic amines) is 1. The van der Waals surface area contributed by atoms with E-state index in [0.717, 1.165) is 5.56 Å². The van der Waals surface area contributed by atoms with Gasteiger partial charge in [0.25, 0.3) is 0 Å². The largest absolute Gasteiger partial charge is 0.493 e. The quantitative estimate of drug-likeness (QED) is 0.923. The highest BCUT2D eigenvalue weighted by Crippen LogP contribution is 2.37. The number of ether oxygens (including phenoxy) is 2. The highest BCUT2D eigenvalue weighted by Gasteiger charge is 2.36. The van der Waals surface area contributed by atoms with Crippen molar-refractivity contribution in [2.24, 2.45) is 5.73 Å². The zero-order valence-corrected chi connectivity index (χ0v) is 13.1. The Bertz CT molecular complexity index is 516. The van der Waals surface area contributed by atoms with Gasteiger partial charge in [0.2, 0.25) is 5.91 Å². The molecule has 1 aromatic carbocycles. The average molecular weight is 292 g/mol. The van der Waals surface area contributed by atoms with Gasteiger partial charge < -0.3 is 20.1 Å². The van der Waals surface area contributed by atoms with Crippen LogP contribution in [0.15, 0.2) is 18.2 Å². The van der Waals surface area contributed by atoms with E-state index in [0.29, 0.717) is 24.3 Å². The van der Waals surface area contributed by atoms with Crippen LogP contribution >= 0.6 is 0 Å². The molecular formula is C16H24N2O3. The lowest BCUT2D eigenvalue weighted by Gasteiger charge is -2.42. The van der Waals surface area contributed by atoms with E-state index in [-0.39, 0.29) is 24.0 Å². The minimum atomic E-state index is -0.119. The summed E-state index contributed by atoms with van der Waals surface area (Å²) >= 11 is 0. The van der Waals surface area contributed by atoms with Crippen LogP contribution in [-0.2, 0) is 4.79 Å². The Hall–Kier alpha value is -1.75. The number of carbonyl (C=O) groups is 1. The van der Waals surface area contributed by atoms with E-state index >= 15 is 0 Å². The molecular weight excluding hydrogens is 268 g/mol. The van der Waals surface area contributed by atoms with Gasteiger partial charge >= 0.3 is 0 Å². The maximum Gasteiger partial charge on any atom is 0.223 e. The van der Waals surface area contributed by atoms with Crippen LogP contribution in [0.4, 0.5) is 0 Å². The monoisotopic (exact) mass is 292 g/mol. The van der Waals surface area contributed by atoms with Crippen LogP contribution in [0.1, 0.15) is 38.3 Å². The number of methoxy groups -OCH3 is 2. The van der Waals surface area contributed by atoms with E-state index in [1.165, 1.54) is 0 Å². The van der Waals surface area contributed by atoms with E-state index in [2.05, 4.69) is 0 Å². The van der Waals surface area contributed by atoms with Crippen molar-refractivity contribution in [3.05, 3.63) is 23.8 Å². The number of benzene rings is 1. The third kappa shape index (κ3) is 2.97. The Kier molecular flexibility index (Phi) is 4.73. The Morgan fingerprint density at radius 1 is 1.24 bits per heavy atom. The summed E-state index contributed by atoms with van der Waals surface area (Å²) in [5, 5.41) is 0. The summed E-state index contributed by atoms with van der Waals surface area (Å²) in [4.78, 5) is 14.1. The molecule has 2 rings (SSSR count). The van der Waals surface area contributed by atoms with Crippen LogP contribution in [0.25, 0.3) is 0 Å². The van der Waals surface area contributed by atoms with Crippen molar-refractivity contribution in [2.75, 3.05) is 14.2 Å². The Balaban J connectivity index is 2.43. The predicted molar refractivity (Wildman–Crippen MR) is 81.5 cm³/mol. The number of rotatable bonds is 4. The Labute approximate surface area is 126 Å². The molecule has 116 valence electrons. The molecule has 0 aromatic heterocycles. The van der Waals surface area contributed by atoms with E-state index in [9.17, 15) is 4.79 Å². The summed E-state index contributed by atoms with van der Waals surface area (Å²) in [5.74, 6) is 1.49. The summed E-state index contributed by atoms with van der Waals surface area (Å²) < 4.78 is 10.6. The number of nitrogens with two attached hydrogens (primary N) is 1. The topological polar surface area (TPSA) is 64.8 Å². The summed E-state index contributed by atoms with van der Waals surface area (Å²) in [5.41, 5.74) is 7.29. The van der Waals surface area contributed by atoms with Crippen LogP contribution in [-0.4, -0.2) is 37.1 Å². The fourth-order valence-electron chi connectivity index (χ4n) is 2.99. The van der Waals surface area contributed by atoms with E-state index in [1.54, 1.807) is 14.2 Å². The maximum atomic E-state index is 12.3. The summed E-state index contributed by atoms with van der Waals surface area (Å²) in [6.45, 7) is 4.04. The standard InChI is InChI=1S/C16H24N2O3/c1-10(2)18-15(19)8-6-12(17)16(18)11-5-7-13(20-3)14(9-11)21-4/h5,7,9-10,12,16H,6,8,17H2,1-4H3. The molecule has 5 heteroatoms. The molecule has 1 aromatic rings. The number of piperidine rings is 1. The fraction of sp³-hybridized carbons (Fsp3) is 0.562. The molecule has 1 aliphatic heterocycles. The van der Waals surface area contributed by atoms with Crippen LogP contribution < -0.4 is 15.2 Å². The molecule has 0 radical (unpaired) electrons. The molecule has 0 saturated carbocycles. The smallest absolute Gasteiger partial charge is 0.223 e. The molecule has 0 spiro atoms. The molecule has 2 N–H and O–H groups in total. The van der Waals surface area contributed by atoms with Gasteiger partial charge in [0, 0.05) is 18.5 Å². The Morgan fingerprint density at radius 3 is 2.48 bits per heavy atom. The molecule has 1 amide bonds. The first-order valence-electron chi connectivity index (χ1n) is 7.28. The second-order valence-electron chi connectivity index (χ2n) is 5.66. The fourth-order valence-corrected chi connectivity index (χ4v) is 2.99. The molecule has 1 fully saturated rings. The first-order valence-corrected chi connectivity index (χ1v) is 7.28. The minimum Gasteiger partial charge on any atom is -0.493 e. The number of carbonyl (C=O) groups excluding carboxylic acids is 1. The van der Waals surface area contributed by atoms with Crippen molar-refractivity contribution in [1.29, 1.82) is 0 Å². The molecule has 1 saturated heterocycles. The molecule has 0 aliphatic carbocycles. The summed E-state index contributed by atoms with van der Waals surface area (Å²) in [6, 6.07) is 5.66. The molecule has 1 heterocycles. The van der Waals surface area contributed by atoms with E-state index < -0.39 is 0 Å². The summed E-state index contributed by atoms with van der Waals surface area (Å²) in [6.07, 6.45) is 1.23. The van der Waals surface area contributed by atoms with Gasteiger partial charge in [-0.05, 0) is 38.0 Å². The third-order valence-electron chi connectivity index (χ3n) is 3.99. The molecule has 1 aliphatic rings. The van der Waals surface area contributed by atoms with Gasteiger partial charge in [0.1, 0.15) is 0 Å². The average Bonchev–Trinajstić information content (AvgIpc) is 2.48. The highest BCUT2D eigenvalue weighted by atomic mass is 16.5. The van der Waals surface area contributed by atoms with Crippen LogP contribution in [0.2, 0.25) is 0 Å². The lowest BCUT2D eigenvalue weighted by Crippen LogP contribution is -2.51. The lowest BCUT2D eigenvalue weighted by molar-refractivity contribution is -0.139. The summed E-state index contributed by atoms with van der Waals surface area (Å²) in [7, 11) is 3.21.